The average Bonchev–Trinajstić information content (AvgIpc) is 2.94. The summed E-state index contributed by atoms with van der Waals surface area (Å²) in [6.45, 7) is 0.0818. The molecule has 1 heterocycles. The smallest absolute Gasteiger partial charge is 0.337 e. The largest absolute Gasteiger partial charge is 0.478 e. The minimum atomic E-state index is -1.04. The maximum Gasteiger partial charge on any atom is 0.337 e. The van der Waals surface area contributed by atoms with Gasteiger partial charge in [-0.15, -0.1) is 0 Å². The molecule has 0 aromatic heterocycles. The van der Waals surface area contributed by atoms with Gasteiger partial charge in [-0.3, -0.25) is 0 Å². The van der Waals surface area contributed by atoms with Gasteiger partial charge in [-0.2, -0.15) is 0 Å². The predicted molar refractivity (Wildman–Crippen MR) is 71.9 cm³/mol. The molecule has 4 nitrogen and oxygen atoms in total. The first kappa shape index (κ1) is 12.1. The number of benzene rings is 2. The molecule has 0 radical (unpaired) electrons. The maximum atomic E-state index is 11.3. The van der Waals surface area contributed by atoms with E-state index < -0.39 is 5.97 Å². The molecule has 0 spiro atoms. The molecule has 1 aliphatic heterocycles. The summed E-state index contributed by atoms with van der Waals surface area (Å²) in [7, 11) is 0. The average molecular weight is 266 g/mol. The van der Waals surface area contributed by atoms with Gasteiger partial charge in [0.25, 0.3) is 0 Å². The summed E-state index contributed by atoms with van der Waals surface area (Å²) in [5, 5.41) is 9.23. The molecule has 0 amide bonds. The quantitative estimate of drug-likeness (QED) is 0.806. The molecule has 0 unspecified atom stereocenters. The van der Waals surface area contributed by atoms with E-state index in [0.717, 1.165) is 5.56 Å². The summed E-state index contributed by atoms with van der Waals surface area (Å²) in [5.74, 6) is 5.69. The summed E-state index contributed by atoms with van der Waals surface area (Å²) in [6, 6.07) is 12.4. The molecule has 1 aliphatic rings. The van der Waals surface area contributed by atoms with Crippen molar-refractivity contribution in [3.05, 3.63) is 59.2 Å². The van der Waals surface area contributed by atoms with Gasteiger partial charge in [-0.05, 0) is 24.3 Å². The lowest BCUT2D eigenvalue weighted by atomic mass is 10.1. The molecule has 0 saturated heterocycles. The van der Waals surface area contributed by atoms with E-state index in [0.29, 0.717) is 17.1 Å². The molecule has 98 valence electrons. The lowest BCUT2D eigenvalue weighted by molar-refractivity contribution is 0.0696. The van der Waals surface area contributed by atoms with Crippen LogP contribution in [0.1, 0.15) is 21.5 Å². The van der Waals surface area contributed by atoms with Crippen molar-refractivity contribution in [2.45, 2.75) is 0 Å². The molecule has 1 N–H and O–H groups in total. The third-order valence-electron chi connectivity index (χ3n) is 2.88. The second-order valence-corrected chi connectivity index (χ2v) is 4.14. The highest BCUT2D eigenvalue weighted by Gasteiger charge is 2.22. The normalized spacial score (nSPS) is 11.6. The van der Waals surface area contributed by atoms with E-state index in [1.54, 1.807) is 6.07 Å². The first-order valence-electron chi connectivity index (χ1n) is 5.98. The summed E-state index contributed by atoms with van der Waals surface area (Å²) in [5.41, 5.74) is 1.26. The first-order valence-corrected chi connectivity index (χ1v) is 5.98. The van der Waals surface area contributed by atoms with Crippen molar-refractivity contribution in [1.29, 1.82) is 0 Å². The van der Waals surface area contributed by atoms with Crippen LogP contribution >= 0.6 is 0 Å². The Balaban J connectivity index is 2.11. The third kappa shape index (κ3) is 2.17. The van der Waals surface area contributed by atoms with E-state index in [1.807, 2.05) is 30.3 Å². The van der Waals surface area contributed by atoms with Crippen LogP contribution in [0.5, 0.6) is 11.5 Å². The number of fused-ring (bicyclic) bond motifs is 1. The van der Waals surface area contributed by atoms with Crippen LogP contribution in [0.2, 0.25) is 0 Å². The molecule has 2 aromatic rings. The van der Waals surface area contributed by atoms with E-state index in [9.17, 15) is 9.90 Å². The number of carboxylic acid groups (broad SMARTS) is 1. The van der Waals surface area contributed by atoms with Crippen LogP contribution < -0.4 is 9.47 Å². The van der Waals surface area contributed by atoms with Crippen LogP contribution in [0.25, 0.3) is 0 Å². The van der Waals surface area contributed by atoms with Gasteiger partial charge in [-0.25, -0.2) is 4.79 Å². The van der Waals surface area contributed by atoms with Crippen molar-refractivity contribution in [1.82, 2.24) is 0 Å². The van der Waals surface area contributed by atoms with Gasteiger partial charge in [0.15, 0.2) is 11.5 Å². The molecule has 0 fully saturated rings. The highest BCUT2D eigenvalue weighted by Crippen LogP contribution is 2.37. The number of hydrogen-bond donors (Lipinski definition) is 1. The van der Waals surface area contributed by atoms with Gasteiger partial charge < -0.3 is 14.6 Å². The molecule has 0 bridgehead atoms. The third-order valence-corrected chi connectivity index (χ3v) is 2.88. The van der Waals surface area contributed by atoms with E-state index >= 15 is 0 Å². The fourth-order valence-electron chi connectivity index (χ4n) is 1.93. The fraction of sp³-hybridized carbons (Fsp3) is 0.0625. The van der Waals surface area contributed by atoms with Crippen LogP contribution in [0.3, 0.4) is 0 Å². The lowest BCUT2D eigenvalue weighted by Crippen LogP contribution is -2.01. The summed E-state index contributed by atoms with van der Waals surface area (Å²) < 4.78 is 10.6. The van der Waals surface area contributed by atoms with Crippen molar-refractivity contribution in [3.63, 3.8) is 0 Å². The van der Waals surface area contributed by atoms with E-state index in [2.05, 4.69) is 11.8 Å². The number of ether oxygens (including phenoxy) is 2. The number of carboxylic acids is 1. The molecule has 0 atom stereocenters. The van der Waals surface area contributed by atoms with Crippen LogP contribution in [-0.4, -0.2) is 17.9 Å². The zero-order chi connectivity index (χ0) is 13.9. The standard InChI is InChI=1S/C16H10O4/c17-16(18)13-8-9-14-15(20-10-19-14)12(13)7-6-11-4-2-1-3-5-11/h1-5,8-9H,10H2,(H,17,18). The SMILES string of the molecule is O=C(O)c1ccc2c(c1C#Cc1ccccc1)OCO2. The Labute approximate surface area is 115 Å². The van der Waals surface area contributed by atoms with Crippen LogP contribution in [0.4, 0.5) is 0 Å². The van der Waals surface area contributed by atoms with Gasteiger partial charge in [0.2, 0.25) is 6.79 Å². The van der Waals surface area contributed by atoms with Crippen LogP contribution in [0.15, 0.2) is 42.5 Å². The molecule has 20 heavy (non-hydrogen) atoms. The summed E-state index contributed by atoms with van der Waals surface area (Å²) in [4.78, 5) is 11.3. The Kier molecular flexibility index (Phi) is 3.02. The second-order valence-electron chi connectivity index (χ2n) is 4.14. The maximum absolute atomic E-state index is 11.3. The van der Waals surface area contributed by atoms with Gasteiger partial charge in [-0.1, -0.05) is 30.0 Å². The zero-order valence-electron chi connectivity index (χ0n) is 10.4. The van der Waals surface area contributed by atoms with E-state index in [4.69, 9.17) is 9.47 Å². The van der Waals surface area contributed by atoms with Gasteiger partial charge >= 0.3 is 5.97 Å². The Morgan fingerprint density at radius 3 is 2.60 bits per heavy atom. The lowest BCUT2D eigenvalue weighted by Gasteiger charge is -2.03. The molecule has 2 aromatic carbocycles. The number of aromatic carboxylic acids is 1. The Bertz CT molecular complexity index is 723. The summed E-state index contributed by atoms with van der Waals surface area (Å²) >= 11 is 0. The van der Waals surface area contributed by atoms with Gasteiger partial charge in [0.05, 0.1) is 11.1 Å². The van der Waals surface area contributed by atoms with Crippen LogP contribution in [0, 0.1) is 11.8 Å². The van der Waals surface area contributed by atoms with Crippen molar-refractivity contribution in [2.24, 2.45) is 0 Å². The molecular formula is C16H10O4. The van der Waals surface area contributed by atoms with Crippen molar-refractivity contribution < 1.29 is 19.4 Å². The first-order chi connectivity index (χ1) is 9.75. The molecule has 0 saturated carbocycles. The van der Waals surface area contributed by atoms with Gasteiger partial charge in [0.1, 0.15) is 0 Å². The predicted octanol–water partition coefficient (Wildman–Crippen LogP) is 2.51. The highest BCUT2D eigenvalue weighted by molar-refractivity contribution is 5.92. The highest BCUT2D eigenvalue weighted by atomic mass is 16.7. The molecule has 0 aliphatic carbocycles. The van der Waals surface area contributed by atoms with Gasteiger partial charge in [0, 0.05) is 5.56 Å². The Morgan fingerprint density at radius 2 is 1.85 bits per heavy atom. The van der Waals surface area contributed by atoms with Crippen LogP contribution in [-0.2, 0) is 0 Å². The number of hydrogen-bond acceptors (Lipinski definition) is 3. The Morgan fingerprint density at radius 1 is 1.05 bits per heavy atom. The topological polar surface area (TPSA) is 55.8 Å². The molecule has 4 heteroatoms. The molecule has 3 rings (SSSR count). The minimum Gasteiger partial charge on any atom is -0.478 e. The fourth-order valence-corrected chi connectivity index (χ4v) is 1.93. The van der Waals surface area contributed by atoms with Crippen molar-refractivity contribution >= 4 is 5.97 Å². The Hall–Kier alpha value is -2.93. The van der Waals surface area contributed by atoms with Crippen molar-refractivity contribution in [2.75, 3.05) is 6.79 Å². The monoisotopic (exact) mass is 266 g/mol. The minimum absolute atomic E-state index is 0.0818. The molecular weight excluding hydrogens is 256 g/mol. The van der Waals surface area contributed by atoms with E-state index in [-0.39, 0.29) is 12.4 Å². The number of rotatable bonds is 1. The van der Waals surface area contributed by atoms with E-state index in [1.165, 1.54) is 6.07 Å². The van der Waals surface area contributed by atoms with Crippen molar-refractivity contribution in [3.8, 4) is 23.3 Å². The summed E-state index contributed by atoms with van der Waals surface area (Å²) in [6.07, 6.45) is 0. The second kappa shape index (κ2) is 4.98. The number of carbonyl (C=O) groups is 1. The zero-order valence-corrected chi connectivity index (χ0v) is 10.4.